The van der Waals surface area contributed by atoms with Gasteiger partial charge in [-0.1, -0.05) is 12.8 Å². The zero-order chi connectivity index (χ0) is 22.5. The predicted molar refractivity (Wildman–Crippen MR) is 115 cm³/mol. The van der Waals surface area contributed by atoms with Gasteiger partial charge in [-0.15, -0.1) is 0 Å². The molecule has 0 radical (unpaired) electrons. The number of halogens is 2. The minimum atomic E-state index is -2.70. The molecule has 172 valence electrons. The van der Waals surface area contributed by atoms with E-state index in [4.69, 9.17) is 0 Å². The van der Waals surface area contributed by atoms with Gasteiger partial charge < -0.3 is 15.5 Å². The molecule has 2 saturated carbocycles. The lowest BCUT2D eigenvalue weighted by atomic mass is 9.78. The average Bonchev–Trinajstić information content (AvgIpc) is 3.37. The molecule has 2 heterocycles. The number of nitrogens with zero attached hydrogens (tertiary/aromatic N) is 1. The molecule has 3 fully saturated rings. The molecule has 5 rings (SSSR count). The Morgan fingerprint density at radius 3 is 2.41 bits per heavy atom. The lowest BCUT2D eigenvalue weighted by Crippen LogP contribution is -2.49. The van der Waals surface area contributed by atoms with E-state index in [2.05, 4.69) is 10.6 Å². The zero-order valence-corrected chi connectivity index (χ0v) is 18.0. The van der Waals surface area contributed by atoms with Crippen LogP contribution in [0.1, 0.15) is 73.2 Å². The minimum Gasteiger partial charge on any atom is -0.349 e. The number of hydrogen-bond donors (Lipinski definition) is 2. The smallest absolute Gasteiger partial charge is 0.251 e. The topological polar surface area (TPSA) is 78.5 Å². The Morgan fingerprint density at radius 1 is 1.06 bits per heavy atom. The molecule has 8 heteroatoms. The third-order valence-electron chi connectivity index (χ3n) is 7.64. The van der Waals surface area contributed by atoms with E-state index in [0.717, 1.165) is 36.9 Å². The van der Waals surface area contributed by atoms with Crippen molar-refractivity contribution in [1.82, 2.24) is 10.2 Å². The number of rotatable bonds is 4. The van der Waals surface area contributed by atoms with Crippen molar-refractivity contribution in [3.63, 3.8) is 0 Å². The van der Waals surface area contributed by atoms with E-state index in [1.54, 1.807) is 17.0 Å². The van der Waals surface area contributed by atoms with Gasteiger partial charge in [0.15, 0.2) is 0 Å². The summed E-state index contributed by atoms with van der Waals surface area (Å²) >= 11 is 0. The van der Waals surface area contributed by atoms with Gasteiger partial charge in [0.05, 0.1) is 5.92 Å². The first kappa shape index (κ1) is 21.3. The zero-order valence-electron chi connectivity index (χ0n) is 18.0. The van der Waals surface area contributed by atoms with E-state index >= 15 is 0 Å². The summed E-state index contributed by atoms with van der Waals surface area (Å²) in [5, 5.41) is 6.02. The highest BCUT2D eigenvalue weighted by Crippen LogP contribution is 2.45. The molecule has 0 spiro atoms. The van der Waals surface area contributed by atoms with Crippen molar-refractivity contribution in [3.05, 3.63) is 29.3 Å². The molecule has 1 aromatic carbocycles. The molecule has 0 aromatic heterocycles. The van der Waals surface area contributed by atoms with Gasteiger partial charge in [-0.3, -0.25) is 14.4 Å². The van der Waals surface area contributed by atoms with Crippen LogP contribution in [0.15, 0.2) is 18.2 Å². The molecular weight excluding hydrogens is 416 g/mol. The number of benzene rings is 1. The van der Waals surface area contributed by atoms with Crippen LogP contribution in [0, 0.1) is 11.8 Å². The normalized spacial score (nSPS) is 25.9. The SMILES string of the molecule is O=C(NC1CCCC1)c1ccc2c(c1)C(C1CCN(C(=O)C3CC(F)(F)C3)CC1)C(=O)N2. The Kier molecular flexibility index (Phi) is 5.42. The van der Waals surface area contributed by atoms with Crippen LogP contribution in [0.4, 0.5) is 14.5 Å². The monoisotopic (exact) mass is 445 g/mol. The first-order valence-electron chi connectivity index (χ1n) is 11.7. The van der Waals surface area contributed by atoms with Crippen molar-refractivity contribution in [2.24, 2.45) is 11.8 Å². The fourth-order valence-corrected chi connectivity index (χ4v) is 5.78. The van der Waals surface area contributed by atoms with Gasteiger partial charge in [0, 0.05) is 49.1 Å². The number of carbonyl (C=O) groups excluding carboxylic acids is 3. The number of carbonyl (C=O) groups is 3. The maximum absolute atomic E-state index is 13.1. The third-order valence-corrected chi connectivity index (χ3v) is 7.64. The standard InChI is InChI=1S/C24H29F2N3O3/c25-24(26)12-16(13-24)23(32)29-9-7-14(8-10-29)20-18-11-15(5-6-19(18)28-22(20)31)21(30)27-17-3-1-2-4-17/h5-6,11,14,16-17,20H,1-4,7-10,12-13H2,(H,27,30)(H,28,31). The number of hydrogen-bond acceptors (Lipinski definition) is 3. The summed E-state index contributed by atoms with van der Waals surface area (Å²) in [6.07, 6.45) is 4.88. The van der Waals surface area contributed by atoms with E-state index in [1.807, 2.05) is 6.07 Å². The fraction of sp³-hybridized carbons (Fsp3) is 0.625. The second-order valence-electron chi connectivity index (χ2n) is 9.85. The maximum atomic E-state index is 13.1. The number of nitrogens with one attached hydrogen (secondary N) is 2. The van der Waals surface area contributed by atoms with Crippen molar-refractivity contribution >= 4 is 23.4 Å². The Morgan fingerprint density at radius 2 is 1.75 bits per heavy atom. The molecule has 1 saturated heterocycles. The van der Waals surface area contributed by atoms with Crippen LogP contribution < -0.4 is 10.6 Å². The van der Waals surface area contributed by atoms with Crippen LogP contribution in [0.5, 0.6) is 0 Å². The van der Waals surface area contributed by atoms with Crippen LogP contribution in [0.3, 0.4) is 0 Å². The van der Waals surface area contributed by atoms with Gasteiger partial charge in [0.1, 0.15) is 0 Å². The molecule has 2 aliphatic carbocycles. The summed E-state index contributed by atoms with van der Waals surface area (Å²) < 4.78 is 26.3. The average molecular weight is 446 g/mol. The highest BCUT2D eigenvalue weighted by molar-refractivity contribution is 6.05. The second kappa shape index (κ2) is 8.12. The first-order chi connectivity index (χ1) is 15.3. The van der Waals surface area contributed by atoms with Gasteiger partial charge in [-0.05, 0) is 55.4 Å². The van der Waals surface area contributed by atoms with Crippen molar-refractivity contribution in [3.8, 4) is 0 Å². The number of amides is 3. The molecule has 2 N–H and O–H groups in total. The number of alkyl halides is 2. The molecule has 6 nitrogen and oxygen atoms in total. The van der Waals surface area contributed by atoms with Crippen molar-refractivity contribution < 1.29 is 23.2 Å². The molecule has 0 bridgehead atoms. The molecule has 1 unspecified atom stereocenters. The van der Waals surface area contributed by atoms with E-state index in [0.29, 0.717) is 31.5 Å². The van der Waals surface area contributed by atoms with E-state index in [9.17, 15) is 23.2 Å². The Labute approximate surface area is 186 Å². The summed E-state index contributed by atoms with van der Waals surface area (Å²) in [5.74, 6) is -3.93. The Hall–Kier alpha value is -2.51. The number of fused-ring (bicyclic) bond motifs is 1. The number of anilines is 1. The van der Waals surface area contributed by atoms with E-state index < -0.39 is 11.8 Å². The van der Waals surface area contributed by atoms with Gasteiger partial charge in [0.25, 0.3) is 5.91 Å². The van der Waals surface area contributed by atoms with Crippen LogP contribution in [0.25, 0.3) is 0 Å². The van der Waals surface area contributed by atoms with E-state index in [-0.39, 0.29) is 48.4 Å². The lowest BCUT2D eigenvalue weighted by molar-refractivity contribution is -0.161. The molecule has 3 amide bonds. The van der Waals surface area contributed by atoms with Crippen LogP contribution >= 0.6 is 0 Å². The first-order valence-corrected chi connectivity index (χ1v) is 11.7. The van der Waals surface area contributed by atoms with Crippen molar-refractivity contribution in [1.29, 1.82) is 0 Å². The van der Waals surface area contributed by atoms with Gasteiger partial charge in [-0.25, -0.2) is 8.78 Å². The van der Waals surface area contributed by atoms with Crippen molar-refractivity contribution in [2.75, 3.05) is 18.4 Å². The summed E-state index contributed by atoms with van der Waals surface area (Å²) in [5.41, 5.74) is 2.15. The number of piperidine rings is 1. The largest absolute Gasteiger partial charge is 0.349 e. The van der Waals surface area contributed by atoms with Crippen LogP contribution in [-0.4, -0.2) is 47.7 Å². The lowest BCUT2D eigenvalue weighted by Gasteiger charge is -2.40. The molecule has 1 aromatic rings. The number of likely N-dealkylation sites (tertiary alicyclic amines) is 1. The van der Waals surface area contributed by atoms with Gasteiger partial charge in [0.2, 0.25) is 17.7 Å². The molecule has 1 atom stereocenters. The van der Waals surface area contributed by atoms with Crippen LogP contribution in [0.2, 0.25) is 0 Å². The second-order valence-corrected chi connectivity index (χ2v) is 9.85. The highest BCUT2D eigenvalue weighted by atomic mass is 19.3. The van der Waals surface area contributed by atoms with Gasteiger partial charge in [-0.2, -0.15) is 0 Å². The highest BCUT2D eigenvalue weighted by Gasteiger charge is 2.50. The third kappa shape index (κ3) is 3.99. The minimum absolute atomic E-state index is 0.0521. The van der Waals surface area contributed by atoms with Crippen molar-refractivity contribution in [2.45, 2.75) is 69.2 Å². The van der Waals surface area contributed by atoms with E-state index in [1.165, 1.54) is 0 Å². The fourth-order valence-electron chi connectivity index (χ4n) is 5.78. The molecular formula is C24H29F2N3O3. The quantitative estimate of drug-likeness (QED) is 0.742. The molecule has 32 heavy (non-hydrogen) atoms. The predicted octanol–water partition coefficient (Wildman–Crippen LogP) is 3.68. The molecule has 4 aliphatic rings. The maximum Gasteiger partial charge on any atom is 0.251 e. The van der Waals surface area contributed by atoms with Crippen LogP contribution in [-0.2, 0) is 9.59 Å². The summed E-state index contributed by atoms with van der Waals surface area (Å²) in [7, 11) is 0. The summed E-state index contributed by atoms with van der Waals surface area (Å²) in [4.78, 5) is 39.6. The Balaban J connectivity index is 1.24. The Bertz CT molecular complexity index is 928. The summed E-state index contributed by atoms with van der Waals surface area (Å²) in [6, 6.07) is 5.60. The summed E-state index contributed by atoms with van der Waals surface area (Å²) in [6.45, 7) is 0.957. The molecule has 2 aliphatic heterocycles. The van der Waals surface area contributed by atoms with Gasteiger partial charge >= 0.3 is 0 Å².